The fraction of sp³-hybridized carbons (Fsp3) is 0.400. The van der Waals surface area contributed by atoms with Crippen LogP contribution in [0.3, 0.4) is 0 Å². The number of benzene rings is 1. The second-order valence-electron chi connectivity index (χ2n) is 3.87. The molecule has 82 valence electrons. The summed E-state index contributed by atoms with van der Waals surface area (Å²) in [5, 5.41) is 19.8. The van der Waals surface area contributed by atoms with Crippen molar-refractivity contribution in [2.45, 2.75) is 19.4 Å². The van der Waals surface area contributed by atoms with Crippen molar-refractivity contribution in [3.8, 4) is 17.2 Å². The molecule has 4 nitrogen and oxygen atoms in total. The fourth-order valence-electron chi connectivity index (χ4n) is 1.57. The van der Waals surface area contributed by atoms with Crippen LogP contribution in [-0.2, 0) is 5.60 Å². The van der Waals surface area contributed by atoms with E-state index >= 15 is 0 Å². The average Bonchev–Trinajstić information content (AvgIpc) is 2.50. The summed E-state index contributed by atoms with van der Waals surface area (Å²) in [6.45, 7) is 3.15. The van der Waals surface area contributed by atoms with Crippen LogP contribution in [0.5, 0.6) is 17.2 Å². The Hall–Kier alpha value is -1.13. The molecule has 0 fully saturated rings. The molecule has 0 atom stereocenters. The van der Waals surface area contributed by atoms with E-state index in [0.29, 0.717) is 11.5 Å². The van der Waals surface area contributed by atoms with Crippen molar-refractivity contribution in [1.29, 1.82) is 0 Å². The van der Waals surface area contributed by atoms with Gasteiger partial charge < -0.3 is 19.7 Å². The number of fused-ring (bicyclic) bond motifs is 1. The molecule has 0 radical (unpaired) electrons. The summed E-state index contributed by atoms with van der Waals surface area (Å²) < 4.78 is 10.3. The molecule has 0 aliphatic carbocycles. The van der Waals surface area contributed by atoms with Gasteiger partial charge in [-0.2, -0.15) is 0 Å². The van der Waals surface area contributed by atoms with Crippen LogP contribution in [-0.4, -0.2) is 17.0 Å². The number of phenols is 1. The zero-order chi connectivity index (χ0) is 11.2. The summed E-state index contributed by atoms with van der Waals surface area (Å²) in [7, 11) is 0. The number of hydrogen-bond acceptors (Lipinski definition) is 4. The van der Waals surface area contributed by atoms with Crippen LogP contribution in [0.1, 0.15) is 19.4 Å². The van der Waals surface area contributed by atoms with Gasteiger partial charge in [-0.1, -0.05) is 11.6 Å². The van der Waals surface area contributed by atoms with Crippen LogP contribution in [0, 0.1) is 0 Å². The highest BCUT2D eigenvalue weighted by molar-refractivity contribution is 6.32. The van der Waals surface area contributed by atoms with E-state index in [4.69, 9.17) is 21.1 Å². The second-order valence-corrected chi connectivity index (χ2v) is 4.28. The van der Waals surface area contributed by atoms with Gasteiger partial charge in [0.1, 0.15) is 5.75 Å². The molecule has 0 amide bonds. The van der Waals surface area contributed by atoms with E-state index < -0.39 is 5.60 Å². The van der Waals surface area contributed by atoms with E-state index in [9.17, 15) is 10.2 Å². The topological polar surface area (TPSA) is 58.9 Å². The molecule has 0 saturated heterocycles. The highest BCUT2D eigenvalue weighted by Gasteiger charge is 2.32. The van der Waals surface area contributed by atoms with Crippen LogP contribution in [0.4, 0.5) is 0 Å². The third-order valence-corrected chi connectivity index (χ3v) is 2.49. The van der Waals surface area contributed by atoms with Gasteiger partial charge in [-0.05, 0) is 13.8 Å². The van der Waals surface area contributed by atoms with E-state index in [2.05, 4.69) is 0 Å². The summed E-state index contributed by atoms with van der Waals surface area (Å²) >= 11 is 5.81. The maximum Gasteiger partial charge on any atom is 0.231 e. The molecule has 15 heavy (non-hydrogen) atoms. The Balaban J connectivity index is 2.71. The predicted octanol–water partition coefficient (Wildman–Crippen LogP) is 2.00. The summed E-state index contributed by atoms with van der Waals surface area (Å²) in [6.07, 6.45) is 0. The van der Waals surface area contributed by atoms with E-state index in [1.54, 1.807) is 13.8 Å². The summed E-state index contributed by atoms with van der Waals surface area (Å²) in [5.74, 6) is 0.618. The Labute approximate surface area is 92.0 Å². The van der Waals surface area contributed by atoms with Gasteiger partial charge in [-0.25, -0.2) is 0 Å². The monoisotopic (exact) mass is 230 g/mol. The minimum absolute atomic E-state index is 0.0677. The first-order valence-electron chi connectivity index (χ1n) is 4.45. The number of rotatable bonds is 1. The molecule has 1 heterocycles. The minimum atomic E-state index is -1.24. The van der Waals surface area contributed by atoms with Crippen molar-refractivity contribution in [1.82, 2.24) is 0 Å². The molecule has 5 heteroatoms. The van der Waals surface area contributed by atoms with Crippen molar-refractivity contribution in [2.24, 2.45) is 0 Å². The summed E-state index contributed by atoms with van der Waals surface area (Å²) in [5.41, 5.74) is -0.991. The molecule has 0 spiro atoms. The Bertz CT molecular complexity index is 409. The number of ether oxygens (including phenoxy) is 2. The normalized spacial score (nSPS) is 14.4. The lowest BCUT2D eigenvalue weighted by Gasteiger charge is -2.21. The molecule has 2 N–H and O–H groups in total. The maximum atomic E-state index is 9.90. The lowest BCUT2D eigenvalue weighted by Crippen LogP contribution is -2.16. The smallest absolute Gasteiger partial charge is 0.231 e. The maximum absolute atomic E-state index is 9.90. The molecule has 0 aromatic heterocycles. The first kappa shape index (κ1) is 10.4. The van der Waals surface area contributed by atoms with Gasteiger partial charge in [-0.15, -0.1) is 0 Å². The number of aliphatic hydroxyl groups is 1. The van der Waals surface area contributed by atoms with Gasteiger partial charge in [0.15, 0.2) is 11.5 Å². The third kappa shape index (κ3) is 1.60. The Morgan fingerprint density at radius 1 is 1.40 bits per heavy atom. The Morgan fingerprint density at radius 3 is 2.67 bits per heavy atom. The van der Waals surface area contributed by atoms with Crippen molar-refractivity contribution < 1.29 is 19.7 Å². The number of aromatic hydroxyl groups is 1. The lowest BCUT2D eigenvalue weighted by molar-refractivity contribution is 0.0716. The highest BCUT2D eigenvalue weighted by Crippen LogP contribution is 2.48. The molecule has 0 bridgehead atoms. The van der Waals surface area contributed by atoms with E-state index in [-0.39, 0.29) is 23.1 Å². The van der Waals surface area contributed by atoms with Gasteiger partial charge in [-0.3, -0.25) is 0 Å². The summed E-state index contributed by atoms with van der Waals surface area (Å²) in [6, 6.07) is 1.47. The zero-order valence-corrected chi connectivity index (χ0v) is 9.13. The fourth-order valence-corrected chi connectivity index (χ4v) is 1.76. The molecule has 1 aromatic rings. The average molecular weight is 231 g/mol. The molecule has 1 aromatic carbocycles. The largest absolute Gasteiger partial charge is 0.506 e. The highest BCUT2D eigenvalue weighted by atomic mass is 35.5. The van der Waals surface area contributed by atoms with Crippen LogP contribution < -0.4 is 9.47 Å². The van der Waals surface area contributed by atoms with E-state index in [1.807, 2.05) is 0 Å². The molecule has 0 saturated carbocycles. The number of hydrogen-bond donors (Lipinski definition) is 2. The minimum Gasteiger partial charge on any atom is -0.506 e. The van der Waals surface area contributed by atoms with Crippen molar-refractivity contribution in [3.05, 3.63) is 16.7 Å². The van der Waals surface area contributed by atoms with Crippen molar-refractivity contribution in [2.75, 3.05) is 6.79 Å². The first-order valence-corrected chi connectivity index (χ1v) is 4.83. The van der Waals surface area contributed by atoms with Crippen LogP contribution in [0.25, 0.3) is 0 Å². The predicted molar refractivity (Wildman–Crippen MR) is 54.5 cm³/mol. The number of phenolic OH excluding ortho intramolecular Hbond substituents is 1. The quantitative estimate of drug-likeness (QED) is 0.775. The SMILES string of the molecule is CC(C)(O)c1c(O)c(Cl)cc2c1OCO2. The van der Waals surface area contributed by atoms with Crippen LogP contribution >= 0.6 is 11.6 Å². The molecular weight excluding hydrogens is 220 g/mol. The van der Waals surface area contributed by atoms with Crippen molar-refractivity contribution in [3.63, 3.8) is 0 Å². The first-order chi connectivity index (χ1) is 6.91. The molecule has 0 unspecified atom stereocenters. The second kappa shape index (κ2) is 3.18. The van der Waals surface area contributed by atoms with Gasteiger partial charge >= 0.3 is 0 Å². The third-order valence-electron chi connectivity index (χ3n) is 2.20. The van der Waals surface area contributed by atoms with Gasteiger partial charge in [0.2, 0.25) is 6.79 Å². The lowest BCUT2D eigenvalue weighted by atomic mass is 9.96. The molecule has 1 aliphatic heterocycles. The standard InChI is InChI=1S/C10H11ClO4/c1-10(2,13)7-8(12)5(11)3-6-9(7)15-4-14-6/h3,12-13H,4H2,1-2H3. The Morgan fingerprint density at radius 2 is 2.07 bits per heavy atom. The van der Waals surface area contributed by atoms with Crippen LogP contribution in [0.2, 0.25) is 5.02 Å². The molecule has 2 rings (SSSR count). The Kier molecular flexibility index (Phi) is 2.20. The molecular formula is C10H11ClO4. The summed E-state index contributed by atoms with van der Waals surface area (Å²) in [4.78, 5) is 0. The van der Waals surface area contributed by atoms with E-state index in [1.165, 1.54) is 6.07 Å². The zero-order valence-electron chi connectivity index (χ0n) is 8.37. The van der Waals surface area contributed by atoms with Crippen LogP contribution in [0.15, 0.2) is 6.07 Å². The number of halogens is 1. The van der Waals surface area contributed by atoms with Gasteiger partial charge in [0.25, 0.3) is 0 Å². The van der Waals surface area contributed by atoms with Crippen molar-refractivity contribution >= 4 is 11.6 Å². The molecule has 1 aliphatic rings. The van der Waals surface area contributed by atoms with Gasteiger partial charge in [0.05, 0.1) is 16.2 Å². The van der Waals surface area contributed by atoms with E-state index in [0.717, 1.165) is 0 Å². The van der Waals surface area contributed by atoms with Gasteiger partial charge in [0, 0.05) is 6.07 Å².